The highest BCUT2D eigenvalue weighted by atomic mass is 32.2. The lowest BCUT2D eigenvalue weighted by molar-refractivity contribution is -0.137. The number of esters is 1. The Labute approximate surface area is 179 Å². The summed E-state index contributed by atoms with van der Waals surface area (Å²) in [5.41, 5.74) is 0.586. The Morgan fingerprint density at radius 1 is 1.30 bits per heavy atom. The van der Waals surface area contributed by atoms with E-state index in [0.29, 0.717) is 16.5 Å². The molecule has 10 heteroatoms. The Hall–Kier alpha value is -2.88. The molecule has 0 atom stereocenters. The molecule has 0 saturated carbocycles. The minimum Gasteiger partial charge on any atom is -0.452 e. The van der Waals surface area contributed by atoms with Crippen LogP contribution in [0.1, 0.15) is 42.6 Å². The summed E-state index contributed by atoms with van der Waals surface area (Å²) in [6, 6.07) is 5.00. The molecule has 0 aromatic carbocycles. The molecule has 0 spiro atoms. The molecule has 0 bridgehead atoms. The van der Waals surface area contributed by atoms with Crippen LogP contribution in [-0.2, 0) is 20.1 Å². The molecule has 2 amide bonds. The fourth-order valence-electron chi connectivity index (χ4n) is 2.37. The van der Waals surface area contributed by atoms with Gasteiger partial charge in [-0.3, -0.25) is 9.59 Å². The number of nitrogens with one attached hydrogen (secondary N) is 1. The van der Waals surface area contributed by atoms with Crippen molar-refractivity contribution in [2.24, 2.45) is 0 Å². The molecule has 0 saturated heterocycles. The number of thioether (sulfide) groups is 1. The maximum Gasteiger partial charge on any atom is 0.341 e. The van der Waals surface area contributed by atoms with Gasteiger partial charge in [-0.1, -0.05) is 16.9 Å². The zero-order chi connectivity index (χ0) is 22.3. The minimum absolute atomic E-state index is 0.126. The van der Waals surface area contributed by atoms with Crippen LogP contribution < -0.4 is 5.32 Å². The molecule has 2 heterocycles. The van der Waals surface area contributed by atoms with Gasteiger partial charge in [0.1, 0.15) is 10.8 Å². The third kappa shape index (κ3) is 7.51. The topological polar surface area (TPSA) is 115 Å². The number of hydrogen-bond acceptors (Lipinski definition) is 8. The van der Waals surface area contributed by atoms with E-state index in [-0.39, 0.29) is 18.0 Å². The highest BCUT2D eigenvalue weighted by Gasteiger charge is 2.20. The largest absolute Gasteiger partial charge is 0.452 e. The molecule has 1 N–H and O–H groups in total. The Bertz CT molecular complexity index is 907. The van der Waals surface area contributed by atoms with E-state index in [1.807, 2.05) is 20.8 Å². The molecule has 0 aliphatic heterocycles. The van der Waals surface area contributed by atoms with Crippen molar-refractivity contribution in [1.29, 1.82) is 0 Å². The van der Waals surface area contributed by atoms with Crippen LogP contribution in [0.5, 0.6) is 0 Å². The maximum absolute atomic E-state index is 12.5. The summed E-state index contributed by atoms with van der Waals surface area (Å²) < 4.78 is 10.2. The molecular weight excluding hydrogens is 408 g/mol. The highest BCUT2D eigenvalue weighted by Crippen LogP contribution is 2.24. The zero-order valence-electron chi connectivity index (χ0n) is 17.7. The van der Waals surface area contributed by atoms with E-state index in [4.69, 9.17) is 9.26 Å². The van der Waals surface area contributed by atoms with Gasteiger partial charge in [-0.2, -0.15) is 0 Å². The minimum atomic E-state index is -0.664. The molecule has 0 aliphatic rings. The first-order valence-electron chi connectivity index (χ1n) is 9.27. The quantitative estimate of drug-likeness (QED) is 0.497. The van der Waals surface area contributed by atoms with Gasteiger partial charge in [0.25, 0.3) is 5.91 Å². The fraction of sp³-hybridized carbons (Fsp3) is 0.450. The summed E-state index contributed by atoms with van der Waals surface area (Å²) in [7, 11) is 1.48. The second-order valence-corrected chi connectivity index (χ2v) is 8.66. The lowest BCUT2D eigenvalue weighted by Crippen LogP contribution is -2.46. The van der Waals surface area contributed by atoms with Gasteiger partial charge in [-0.05, 0) is 39.8 Å². The second-order valence-electron chi connectivity index (χ2n) is 7.70. The van der Waals surface area contributed by atoms with Crippen LogP contribution in [0.2, 0.25) is 0 Å². The SMILES string of the molecule is Cc1cc(CSc2ncccc2C(=O)OCC(=O)N(C)CC(=O)NC(C)(C)C)no1. The van der Waals surface area contributed by atoms with Gasteiger partial charge < -0.3 is 19.5 Å². The van der Waals surface area contributed by atoms with Crippen molar-refractivity contribution < 1.29 is 23.6 Å². The zero-order valence-corrected chi connectivity index (χ0v) is 18.5. The predicted octanol–water partition coefficient (Wildman–Crippen LogP) is 2.20. The summed E-state index contributed by atoms with van der Waals surface area (Å²) >= 11 is 1.31. The van der Waals surface area contributed by atoms with Gasteiger partial charge in [-0.15, -0.1) is 0 Å². The van der Waals surface area contributed by atoms with Gasteiger partial charge in [-0.25, -0.2) is 9.78 Å². The molecule has 162 valence electrons. The van der Waals surface area contributed by atoms with Crippen molar-refractivity contribution in [2.75, 3.05) is 20.2 Å². The number of pyridine rings is 1. The maximum atomic E-state index is 12.5. The first kappa shape index (κ1) is 23.4. The molecule has 2 rings (SSSR count). The smallest absolute Gasteiger partial charge is 0.341 e. The van der Waals surface area contributed by atoms with Crippen molar-refractivity contribution in [2.45, 2.75) is 44.0 Å². The molecule has 0 unspecified atom stereocenters. The van der Waals surface area contributed by atoms with E-state index < -0.39 is 24.0 Å². The lowest BCUT2D eigenvalue weighted by Gasteiger charge is -2.23. The summed E-state index contributed by atoms with van der Waals surface area (Å²) in [4.78, 5) is 42.0. The number of rotatable bonds is 8. The number of carbonyl (C=O) groups excluding carboxylic acids is 3. The molecule has 2 aromatic rings. The molecular formula is C20H26N4O5S. The number of ether oxygens (including phenoxy) is 1. The van der Waals surface area contributed by atoms with Crippen LogP contribution in [0.25, 0.3) is 0 Å². The highest BCUT2D eigenvalue weighted by molar-refractivity contribution is 7.98. The van der Waals surface area contributed by atoms with Crippen LogP contribution in [0, 0.1) is 6.92 Å². The lowest BCUT2D eigenvalue weighted by atomic mass is 10.1. The Kier molecular flexibility index (Phi) is 7.99. The van der Waals surface area contributed by atoms with Crippen LogP contribution in [-0.4, -0.2) is 58.6 Å². The van der Waals surface area contributed by atoms with Gasteiger partial charge >= 0.3 is 5.97 Å². The summed E-state index contributed by atoms with van der Waals surface area (Å²) in [6.07, 6.45) is 1.57. The monoisotopic (exact) mass is 434 g/mol. The molecule has 9 nitrogen and oxygen atoms in total. The van der Waals surface area contributed by atoms with Gasteiger partial charge in [0.15, 0.2) is 6.61 Å². The van der Waals surface area contributed by atoms with Crippen molar-refractivity contribution in [3.63, 3.8) is 0 Å². The van der Waals surface area contributed by atoms with Crippen LogP contribution in [0.3, 0.4) is 0 Å². The number of amides is 2. The number of hydrogen-bond donors (Lipinski definition) is 1. The van der Waals surface area contributed by atoms with Crippen molar-refractivity contribution in [1.82, 2.24) is 20.4 Å². The number of carbonyl (C=O) groups is 3. The summed E-state index contributed by atoms with van der Waals surface area (Å²) in [6.45, 7) is 6.75. The first-order chi connectivity index (χ1) is 14.0. The van der Waals surface area contributed by atoms with E-state index in [9.17, 15) is 14.4 Å². The number of likely N-dealkylation sites (N-methyl/N-ethyl adjacent to an activating group) is 1. The molecule has 0 aliphatic carbocycles. The van der Waals surface area contributed by atoms with E-state index in [1.165, 1.54) is 23.7 Å². The van der Waals surface area contributed by atoms with E-state index in [1.54, 1.807) is 31.3 Å². The van der Waals surface area contributed by atoms with Gasteiger partial charge in [0.2, 0.25) is 5.91 Å². The fourth-order valence-corrected chi connectivity index (χ4v) is 3.23. The third-order valence-corrected chi connectivity index (χ3v) is 4.71. The predicted molar refractivity (Wildman–Crippen MR) is 111 cm³/mol. The Morgan fingerprint density at radius 2 is 2.03 bits per heavy atom. The van der Waals surface area contributed by atoms with Gasteiger partial charge in [0, 0.05) is 30.6 Å². The van der Waals surface area contributed by atoms with Crippen molar-refractivity contribution >= 4 is 29.5 Å². The van der Waals surface area contributed by atoms with E-state index in [0.717, 1.165) is 5.69 Å². The molecule has 0 fully saturated rings. The number of aromatic nitrogens is 2. The van der Waals surface area contributed by atoms with Crippen LogP contribution in [0.4, 0.5) is 0 Å². The molecule has 2 aromatic heterocycles. The number of aryl methyl sites for hydroxylation is 1. The van der Waals surface area contributed by atoms with Gasteiger partial charge in [0.05, 0.1) is 17.8 Å². The first-order valence-corrected chi connectivity index (χ1v) is 10.3. The molecule has 0 radical (unpaired) electrons. The van der Waals surface area contributed by atoms with E-state index in [2.05, 4.69) is 15.5 Å². The summed E-state index contributed by atoms with van der Waals surface area (Å²) in [5, 5.41) is 7.14. The summed E-state index contributed by atoms with van der Waals surface area (Å²) in [5.74, 6) is -0.269. The van der Waals surface area contributed by atoms with Crippen LogP contribution in [0.15, 0.2) is 33.9 Å². The average molecular weight is 435 g/mol. The standard InChI is InChI=1S/C20H26N4O5S/c1-13-9-14(23-29-13)12-30-18-15(7-6-8-21-18)19(27)28-11-17(26)24(5)10-16(25)22-20(2,3)4/h6-9H,10-12H2,1-5H3,(H,22,25). The normalized spacial score (nSPS) is 11.1. The van der Waals surface area contributed by atoms with Crippen molar-refractivity contribution in [3.05, 3.63) is 41.4 Å². The van der Waals surface area contributed by atoms with Crippen molar-refractivity contribution in [3.8, 4) is 0 Å². The second kappa shape index (κ2) is 10.2. The molecule has 30 heavy (non-hydrogen) atoms. The third-order valence-electron chi connectivity index (χ3n) is 3.67. The Morgan fingerprint density at radius 3 is 2.67 bits per heavy atom. The van der Waals surface area contributed by atoms with E-state index >= 15 is 0 Å². The van der Waals surface area contributed by atoms with Crippen LogP contribution >= 0.6 is 11.8 Å². The Balaban J connectivity index is 1.89. The average Bonchev–Trinajstić information content (AvgIpc) is 3.08. The number of nitrogens with zero attached hydrogens (tertiary/aromatic N) is 3.